The van der Waals surface area contributed by atoms with E-state index in [-0.39, 0.29) is 26.2 Å². The first kappa shape index (κ1) is 21.4. The highest BCUT2D eigenvalue weighted by atomic mass is 16.6. The smallest absolute Gasteiger partial charge is 0.417 e. The van der Waals surface area contributed by atoms with Crippen molar-refractivity contribution in [3.63, 3.8) is 0 Å². The van der Waals surface area contributed by atoms with E-state index in [1.807, 2.05) is 6.92 Å². The largest absolute Gasteiger partial charge is 0.465 e. The van der Waals surface area contributed by atoms with Crippen molar-refractivity contribution in [3.8, 4) is 6.07 Å². The summed E-state index contributed by atoms with van der Waals surface area (Å²) in [7, 11) is 0. The van der Waals surface area contributed by atoms with Gasteiger partial charge in [-0.1, -0.05) is 13.3 Å². The van der Waals surface area contributed by atoms with E-state index < -0.39 is 41.8 Å². The first-order valence-electron chi connectivity index (χ1n) is 8.60. The van der Waals surface area contributed by atoms with Gasteiger partial charge in [0.25, 0.3) is 5.91 Å². The van der Waals surface area contributed by atoms with Crippen LogP contribution in [0.1, 0.15) is 46.5 Å². The zero-order valence-electron chi connectivity index (χ0n) is 15.3. The third-order valence-electron chi connectivity index (χ3n) is 4.01. The molecule has 144 valence electrons. The monoisotopic (exact) mass is 368 g/mol. The zero-order chi connectivity index (χ0) is 19.7. The molecule has 0 spiro atoms. The Hall–Kier alpha value is -2.63. The summed E-state index contributed by atoms with van der Waals surface area (Å²) in [4.78, 5) is 50.5. The number of nitriles is 1. The molecule has 9 nitrogen and oxygen atoms in total. The second-order valence-electron chi connectivity index (χ2n) is 5.75. The third kappa shape index (κ3) is 4.31. The fourth-order valence-electron chi connectivity index (χ4n) is 2.69. The summed E-state index contributed by atoms with van der Waals surface area (Å²) in [6, 6.07) is 0.432. The van der Waals surface area contributed by atoms with Crippen molar-refractivity contribution in [2.75, 3.05) is 19.8 Å². The number of ether oxygens (including phenoxy) is 3. The highest BCUT2D eigenvalue weighted by Crippen LogP contribution is 2.41. The molecule has 0 N–H and O–H groups in total. The Morgan fingerprint density at radius 3 is 2.38 bits per heavy atom. The molecule has 1 fully saturated rings. The highest BCUT2D eigenvalue weighted by Gasteiger charge is 2.62. The van der Waals surface area contributed by atoms with E-state index in [4.69, 9.17) is 19.5 Å². The van der Waals surface area contributed by atoms with Crippen LogP contribution in [0.25, 0.3) is 0 Å². The van der Waals surface area contributed by atoms with Crippen LogP contribution in [0.5, 0.6) is 0 Å². The Morgan fingerprint density at radius 2 is 1.85 bits per heavy atom. The lowest BCUT2D eigenvalue weighted by Crippen LogP contribution is -2.46. The van der Waals surface area contributed by atoms with Gasteiger partial charge in [0, 0.05) is 6.42 Å². The molecule has 2 atom stereocenters. The van der Waals surface area contributed by atoms with Crippen LogP contribution in [0.15, 0.2) is 0 Å². The number of esters is 2. The van der Waals surface area contributed by atoms with Crippen molar-refractivity contribution < 1.29 is 33.4 Å². The molecule has 1 aliphatic heterocycles. The van der Waals surface area contributed by atoms with Gasteiger partial charge in [-0.3, -0.25) is 9.59 Å². The van der Waals surface area contributed by atoms with E-state index in [1.54, 1.807) is 19.9 Å². The first-order chi connectivity index (χ1) is 12.4. The molecule has 1 heterocycles. The quantitative estimate of drug-likeness (QED) is 0.274. The summed E-state index contributed by atoms with van der Waals surface area (Å²) in [6.07, 6.45) is -0.576. The SMILES string of the molecule is CCCCOC(=O)N1C(=O)[C@@](CC#N)(C(=O)OCC)C[C@H]1C(=O)OCC. The number of hydrogen-bond donors (Lipinski definition) is 0. The Bertz CT molecular complexity index is 598. The number of nitrogens with zero attached hydrogens (tertiary/aromatic N) is 2. The average molecular weight is 368 g/mol. The van der Waals surface area contributed by atoms with Crippen LogP contribution in [0, 0.1) is 16.7 Å². The van der Waals surface area contributed by atoms with Crippen molar-refractivity contribution in [2.24, 2.45) is 5.41 Å². The van der Waals surface area contributed by atoms with Crippen molar-refractivity contribution >= 4 is 23.9 Å². The van der Waals surface area contributed by atoms with Gasteiger partial charge < -0.3 is 14.2 Å². The lowest BCUT2D eigenvalue weighted by atomic mass is 9.82. The van der Waals surface area contributed by atoms with Crippen LogP contribution in [0.2, 0.25) is 0 Å². The van der Waals surface area contributed by atoms with Crippen LogP contribution in [-0.2, 0) is 28.6 Å². The Morgan fingerprint density at radius 1 is 1.19 bits per heavy atom. The van der Waals surface area contributed by atoms with E-state index in [0.29, 0.717) is 11.3 Å². The molecule has 2 amide bonds. The summed E-state index contributed by atoms with van der Waals surface area (Å²) >= 11 is 0. The van der Waals surface area contributed by atoms with E-state index in [0.717, 1.165) is 6.42 Å². The van der Waals surface area contributed by atoms with Crippen LogP contribution in [0.4, 0.5) is 4.79 Å². The van der Waals surface area contributed by atoms with Crippen molar-refractivity contribution in [2.45, 2.75) is 52.5 Å². The minimum Gasteiger partial charge on any atom is -0.465 e. The minimum absolute atomic E-state index is 0.00961. The van der Waals surface area contributed by atoms with Gasteiger partial charge in [0.1, 0.15) is 6.04 Å². The molecule has 0 unspecified atom stereocenters. The number of rotatable bonds is 8. The molecular weight excluding hydrogens is 344 g/mol. The normalized spacial score (nSPS) is 21.8. The predicted octanol–water partition coefficient (Wildman–Crippen LogP) is 1.55. The van der Waals surface area contributed by atoms with Gasteiger partial charge in [0.15, 0.2) is 5.41 Å². The molecule has 1 aliphatic rings. The van der Waals surface area contributed by atoms with Gasteiger partial charge in [-0.25, -0.2) is 14.5 Å². The van der Waals surface area contributed by atoms with Gasteiger partial charge in [-0.2, -0.15) is 5.26 Å². The number of likely N-dealkylation sites (tertiary alicyclic amines) is 1. The molecule has 0 aliphatic carbocycles. The lowest BCUT2D eigenvalue weighted by molar-refractivity contribution is -0.160. The molecular formula is C17H24N2O7. The fourth-order valence-corrected chi connectivity index (χ4v) is 2.69. The molecule has 0 aromatic carbocycles. The Labute approximate surface area is 152 Å². The second kappa shape index (κ2) is 9.75. The number of unbranched alkanes of at least 4 members (excludes halogenated alkanes) is 1. The van der Waals surface area contributed by atoms with Crippen LogP contribution < -0.4 is 0 Å². The standard InChI is InChI=1S/C17H24N2O7/c1-4-7-10-26-16(23)19-12(13(20)24-5-2)11-17(8-9-18,14(19)21)15(22)25-6-3/h12H,4-8,10-11H2,1-3H3/t12-,17-/m0/s1. The molecule has 1 saturated heterocycles. The molecule has 0 aromatic rings. The summed E-state index contributed by atoms with van der Waals surface area (Å²) in [5.74, 6) is -2.75. The number of amides is 2. The van der Waals surface area contributed by atoms with Gasteiger partial charge >= 0.3 is 18.0 Å². The van der Waals surface area contributed by atoms with Crippen LogP contribution in [0.3, 0.4) is 0 Å². The lowest BCUT2D eigenvalue weighted by Gasteiger charge is -2.22. The maximum atomic E-state index is 12.9. The van der Waals surface area contributed by atoms with Gasteiger partial charge in [0.2, 0.25) is 0 Å². The Kier molecular flexibility index (Phi) is 8.03. The number of carbonyl (C=O) groups is 4. The topological polar surface area (TPSA) is 123 Å². The van der Waals surface area contributed by atoms with Crippen molar-refractivity contribution in [3.05, 3.63) is 0 Å². The summed E-state index contributed by atoms with van der Waals surface area (Å²) < 4.78 is 14.9. The fraction of sp³-hybridized carbons (Fsp3) is 0.706. The molecule has 0 saturated carbocycles. The molecule has 9 heteroatoms. The average Bonchev–Trinajstić information content (AvgIpc) is 2.90. The summed E-state index contributed by atoms with van der Waals surface area (Å²) in [5.41, 5.74) is -1.92. The zero-order valence-corrected chi connectivity index (χ0v) is 15.3. The van der Waals surface area contributed by atoms with Crippen molar-refractivity contribution in [1.29, 1.82) is 5.26 Å². The minimum atomic E-state index is -1.92. The predicted molar refractivity (Wildman–Crippen MR) is 87.4 cm³/mol. The molecule has 1 rings (SSSR count). The van der Waals surface area contributed by atoms with Crippen LogP contribution >= 0.6 is 0 Å². The third-order valence-corrected chi connectivity index (χ3v) is 4.01. The van der Waals surface area contributed by atoms with Gasteiger partial charge in [-0.05, 0) is 20.3 Å². The van der Waals surface area contributed by atoms with Crippen molar-refractivity contribution in [1.82, 2.24) is 4.90 Å². The number of carbonyl (C=O) groups excluding carboxylic acids is 4. The van der Waals surface area contributed by atoms with E-state index in [1.165, 1.54) is 0 Å². The summed E-state index contributed by atoms with van der Waals surface area (Å²) in [5, 5.41) is 9.09. The number of imide groups is 1. The molecule has 0 radical (unpaired) electrons. The van der Waals surface area contributed by atoms with E-state index >= 15 is 0 Å². The van der Waals surface area contributed by atoms with Gasteiger partial charge in [0.05, 0.1) is 32.3 Å². The molecule has 26 heavy (non-hydrogen) atoms. The summed E-state index contributed by atoms with van der Waals surface area (Å²) in [6.45, 7) is 5.12. The number of hydrogen-bond acceptors (Lipinski definition) is 8. The Balaban J connectivity index is 3.23. The maximum Gasteiger partial charge on any atom is 0.417 e. The second-order valence-corrected chi connectivity index (χ2v) is 5.75. The molecule has 0 aromatic heterocycles. The van der Waals surface area contributed by atoms with Crippen LogP contribution in [-0.4, -0.2) is 54.7 Å². The maximum absolute atomic E-state index is 12.9. The van der Waals surface area contributed by atoms with Gasteiger partial charge in [-0.15, -0.1) is 0 Å². The van der Waals surface area contributed by atoms with E-state index in [9.17, 15) is 19.2 Å². The highest BCUT2D eigenvalue weighted by molar-refractivity contribution is 6.12. The molecule has 0 bridgehead atoms. The first-order valence-corrected chi connectivity index (χ1v) is 8.60. The van der Waals surface area contributed by atoms with E-state index in [2.05, 4.69) is 0 Å².